The normalized spacial score (nSPS) is 22.1. The number of carbonyl (C=O) groups is 1. The second kappa shape index (κ2) is 7.18. The van der Waals surface area contributed by atoms with Crippen LogP contribution in [0.25, 0.3) is 0 Å². The van der Waals surface area contributed by atoms with Gasteiger partial charge < -0.3 is 4.74 Å². The minimum atomic E-state index is -2.71. The van der Waals surface area contributed by atoms with Crippen molar-refractivity contribution in [1.82, 2.24) is 0 Å². The molecule has 138 valence electrons. The molecule has 0 heterocycles. The summed E-state index contributed by atoms with van der Waals surface area (Å²) in [5.74, 6) is -5.85. The van der Waals surface area contributed by atoms with E-state index >= 15 is 0 Å². The smallest absolute Gasteiger partial charge is 0.312 e. The Morgan fingerprint density at radius 2 is 1.80 bits per heavy atom. The van der Waals surface area contributed by atoms with Crippen molar-refractivity contribution in [2.75, 3.05) is 0 Å². The van der Waals surface area contributed by atoms with Gasteiger partial charge in [-0.15, -0.1) is 0 Å². The Morgan fingerprint density at radius 1 is 1.24 bits per heavy atom. The molecule has 0 N–H and O–H groups in total. The standard InChI is InChI=1S/C16H13Cl4F3O2/c1-15(2)7(6-11(17)18)5-8(15)14(24)25-16(19,20)12-9(21)3-4-10(22)13(12)23/h3-4,6-8H,5H2,1-2H3. The van der Waals surface area contributed by atoms with Gasteiger partial charge in [0.1, 0.15) is 15.9 Å². The molecule has 2 nitrogen and oxygen atoms in total. The van der Waals surface area contributed by atoms with Crippen LogP contribution in [0.1, 0.15) is 25.8 Å². The molecule has 1 aromatic carbocycles. The maximum Gasteiger partial charge on any atom is 0.312 e. The average molecular weight is 436 g/mol. The summed E-state index contributed by atoms with van der Waals surface area (Å²) >= 11 is 22.8. The second-order valence-electron chi connectivity index (χ2n) is 6.33. The molecule has 1 aliphatic rings. The molecular formula is C16H13Cl4F3O2. The van der Waals surface area contributed by atoms with Gasteiger partial charge in [0.05, 0.1) is 5.92 Å². The van der Waals surface area contributed by atoms with Crippen LogP contribution in [0.4, 0.5) is 13.2 Å². The quantitative estimate of drug-likeness (QED) is 0.319. The maximum absolute atomic E-state index is 13.9. The fraction of sp³-hybridized carbons (Fsp3) is 0.438. The highest BCUT2D eigenvalue weighted by molar-refractivity contribution is 6.55. The van der Waals surface area contributed by atoms with E-state index in [0.29, 0.717) is 18.6 Å². The molecule has 2 unspecified atom stereocenters. The van der Waals surface area contributed by atoms with Crippen molar-refractivity contribution in [3.8, 4) is 0 Å². The van der Waals surface area contributed by atoms with E-state index in [9.17, 15) is 18.0 Å². The van der Waals surface area contributed by atoms with Crippen LogP contribution >= 0.6 is 46.4 Å². The Labute approximate surface area is 162 Å². The Bertz CT molecular complexity index is 730. The molecule has 2 atom stereocenters. The van der Waals surface area contributed by atoms with Gasteiger partial charge in [-0.1, -0.05) is 66.3 Å². The van der Waals surface area contributed by atoms with Crippen LogP contribution < -0.4 is 0 Å². The van der Waals surface area contributed by atoms with E-state index in [0.717, 1.165) is 0 Å². The highest BCUT2D eigenvalue weighted by atomic mass is 35.5. The van der Waals surface area contributed by atoms with Crippen molar-refractivity contribution in [1.29, 1.82) is 0 Å². The number of ether oxygens (including phenoxy) is 1. The van der Waals surface area contributed by atoms with Crippen molar-refractivity contribution in [2.24, 2.45) is 17.3 Å². The van der Waals surface area contributed by atoms with Gasteiger partial charge in [-0.25, -0.2) is 13.2 Å². The third-order valence-corrected chi connectivity index (χ3v) is 5.30. The summed E-state index contributed by atoms with van der Waals surface area (Å²) in [5.41, 5.74) is -1.67. The van der Waals surface area contributed by atoms with Crippen molar-refractivity contribution in [2.45, 2.75) is 24.8 Å². The molecule has 2 rings (SSSR count). The first-order valence-corrected chi connectivity index (χ1v) is 8.66. The second-order valence-corrected chi connectivity index (χ2v) is 8.59. The predicted molar refractivity (Wildman–Crippen MR) is 91.0 cm³/mol. The summed E-state index contributed by atoms with van der Waals surface area (Å²) < 4.78 is 43.3. The number of rotatable bonds is 4. The van der Waals surface area contributed by atoms with Gasteiger partial charge in [-0.3, -0.25) is 4.79 Å². The predicted octanol–water partition coefficient (Wildman–Crippen LogP) is 6.22. The number of hydrogen-bond acceptors (Lipinski definition) is 2. The summed E-state index contributed by atoms with van der Waals surface area (Å²) in [6, 6.07) is 1.21. The van der Waals surface area contributed by atoms with E-state index in [2.05, 4.69) is 0 Å². The van der Waals surface area contributed by atoms with Crippen LogP contribution in [-0.4, -0.2) is 5.97 Å². The van der Waals surface area contributed by atoms with Crippen molar-refractivity contribution >= 4 is 52.4 Å². The highest BCUT2D eigenvalue weighted by Gasteiger charge is 2.53. The van der Waals surface area contributed by atoms with Gasteiger partial charge in [-0.05, 0) is 29.9 Å². The first kappa shape index (κ1) is 20.7. The molecule has 25 heavy (non-hydrogen) atoms. The zero-order chi connectivity index (χ0) is 19.2. The summed E-state index contributed by atoms with van der Waals surface area (Å²) in [6.45, 7) is 3.54. The number of alkyl halides is 2. The fourth-order valence-electron chi connectivity index (χ4n) is 2.84. The Balaban J connectivity index is 2.21. The molecule has 0 aliphatic heterocycles. The minimum Gasteiger partial charge on any atom is -0.424 e. The molecule has 0 radical (unpaired) electrons. The lowest BCUT2D eigenvalue weighted by atomic mass is 9.55. The van der Waals surface area contributed by atoms with E-state index in [1.807, 2.05) is 0 Å². The lowest BCUT2D eigenvalue weighted by Crippen LogP contribution is -2.49. The van der Waals surface area contributed by atoms with E-state index in [4.69, 9.17) is 51.1 Å². The van der Waals surface area contributed by atoms with E-state index in [1.165, 1.54) is 0 Å². The average Bonchev–Trinajstić information content (AvgIpc) is 2.46. The molecule has 0 bridgehead atoms. The maximum atomic E-state index is 13.9. The Kier molecular flexibility index (Phi) is 5.94. The number of esters is 1. The Morgan fingerprint density at radius 3 is 2.32 bits per heavy atom. The zero-order valence-electron chi connectivity index (χ0n) is 13.1. The molecule has 0 amide bonds. The van der Waals surface area contributed by atoms with Gasteiger partial charge in [0.25, 0.3) is 4.52 Å². The lowest BCUT2D eigenvalue weighted by Gasteiger charge is -2.49. The monoisotopic (exact) mass is 434 g/mol. The molecule has 0 aromatic heterocycles. The van der Waals surface area contributed by atoms with Crippen molar-refractivity contribution in [3.05, 3.63) is 45.7 Å². The van der Waals surface area contributed by atoms with Crippen molar-refractivity contribution in [3.63, 3.8) is 0 Å². The number of hydrogen-bond donors (Lipinski definition) is 0. The number of halogens is 7. The number of carbonyl (C=O) groups excluding carboxylic acids is 1. The topological polar surface area (TPSA) is 26.3 Å². The number of allylic oxidation sites excluding steroid dienone is 1. The Hall–Kier alpha value is -0.620. The zero-order valence-corrected chi connectivity index (χ0v) is 16.1. The largest absolute Gasteiger partial charge is 0.424 e. The first-order valence-electron chi connectivity index (χ1n) is 7.15. The minimum absolute atomic E-state index is 0.0674. The lowest BCUT2D eigenvalue weighted by molar-refractivity contribution is -0.167. The molecule has 1 aliphatic carbocycles. The van der Waals surface area contributed by atoms with Gasteiger partial charge in [0.2, 0.25) is 0 Å². The summed E-state index contributed by atoms with van der Waals surface area (Å²) in [7, 11) is 0. The van der Waals surface area contributed by atoms with Gasteiger partial charge in [0, 0.05) is 0 Å². The molecule has 1 aromatic rings. The SMILES string of the molecule is CC1(C)C(C=C(Cl)Cl)CC1C(=O)OC(Cl)(Cl)c1c(F)ccc(F)c1F. The van der Waals surface area contributed by atoms with Crippen LogP contribution in [0.3, 0.4) is 0 Å². The highest BCUT2D eigenvalue weighted by Crippen LogP contribution is 2.54. The molecule has 1 fully saturated rings. The van der Waals surface area contributed by atoms with Crippen LogP contribution in [0.15, 0.2) is 22.7 Å². The van der Waals surface area contributed by atoms with Gasteiger partial charge >= 0.3 is 5.97 Å². The van der Waals surface area contributed by atoms with Crippen LogP contribution in [-0.2, 0) is 14.1 Å². The molecular weight excluding hydrogens is 423 g/mol. The summed E-state index contributed by atoms with van der Waals surface area (Å²) in [4.78, 5) is 12.4. The van der Waals surface area contributed by atoms with E-state index in [1.54, 1.807) is 19.9 Å². The van der Waals surface area contributed by atoms with E-state index in [-0.39, 0.29) is 10.4 Å². The summed E-state index contributed by atoms with van der Waals surface area (Å²) in [6.07, 6.45) is 1.93. The third-order valence-electron chi connectivity index (χ3n) is 4.52. The molecule has 1 saturated carbocycles. The van der Waals surface area contributed by atoms with Crippen LogP contribution in [0.2, 0.25) is 0 Å². The van der Waals surface area contributed by atoms with Gasteiger partial charge in [-0.2, -0.15) is 0 Å². The molecule has 0 spiro atoms. The van der Waals surface area contributed by atoms with Crippen LogP contribution in [0, 0.1) is 34.7 Å². The first-order chi connectivity index (χ1) is 11.4. The molecule has 0 saturated heterocycles. The third kappa shape index (κ3) is 4.05. The van der Waals surface area contributed by atoms with Crippen LogP contribution in [0.5, 0.6) is 0 Å². The number of benzene rings is 1. The van der Waals surface area contributed by atoms with E-state index < -0.39 is 44.8 Å². The van der Waals surface area contributed by atoms with Gasteiger partial charge in [0.15, 0.2) is 11.6 Å². The van der Waals surface area contributed by atoms with Crippen molar-refractivity contribution < 1.29 is 22.7 Å². The fourth-order valence-corrected chi connectivity index (χ4v) is 3.64. The summed E-state index contributed by atoms with van der Waals surface area (Å²) in [5, 5.41) is 0. The molecule has 9 heteroatoms.